The van der Waals surface area contributed by atoms with E-state index in [0.717, 1.165) is 0 Å². The van der Waals surface area contributed by atoms with Crippen LogP contribution in [-0.4, -0.2) is 20.5 Å². The Morgan fingerprint density at radius 1 is 1.44 bits per heavy atom. The Morgan fingerprint density at radius 2 is 2.06 bits per heavy atom. The zero-order valence-corrected chi connectivity index (χ0v) is 10.4. The van der Waals surface area contributed by atoms with Crippen molar-refractivity contribution in [3.8, 4) is 0 Å². The third-order valence-electron chi connectivity index (χ3n) is 2.09. The van der Waals surface area contributed by atoms with Crippen LogP contribution in [-0.2, 0) is 10.0 Å². The topological polar surface area (TPSA) is 50.5 Å². The van der Waals surface area contributed by atoms with Crippen LogP contribution < -0.4 is 4.31 Å². The van der Waals surface area contributed by atoms with E-state index in [2.05, 4.69) is 6.58 Å². The highest BCUT2D eigenvalue weighted by Crippen LogP contribution is 2.31. The van der Waals surface area contributed by atoms with E-state index in [1.54, 1.807) is 0 Å². The Morgan fingerprint density at radius 3 is 2.44 bits per heavy atom. The van der Waals surface area contributed by atoms with E-state index < -0.39 is 15.5 Å². The number of aryl methyl sites for hydroxylation is 1. The van der Waals surface area contributed by atoms with Crippen molar-refractivity contribution in [1.29, 1.82) is 0 Å². The molecule has 18 heavy (non-hydrogen) atoms. The standard InChI is InChI=1S/C10H12F3NO3S/c1-3-4-7-14(9-6-5-8(2)17-9)18(15,16)10(11,12)13/h3,5-6H,1,4,7H2,2H3. The Kier molecular flexibility index (Phi) is 4.10. The molecule has 0 N–H and O–H groups in total. The second-order valence-corrected chi connectivity index (χ2v) is 5.34. The molecule has 0 unspecified atom stereocenters. The zero-order valence-electron chi connectivity index (χ0n) is 9.57. The first-order valence-electron chi connectivity index (χ1n) is 4.96. The largest absolute Gasteiger partial charge is 0.516 e. The second kappa shape index (κ2) is 5.05. The van der Waals surface area contributed by atoms with Crippen molar-refractivity contribution in [3.63, 3.8) is 0 Å². The van der Waals surface area contributed by atoms with Crippen molar-refractivity contribution in [2.24, 2.45) is 0 Å². The van der Waals surface area contributed by atoms with Gasteiger partial charge in [0.15, 0.2) is 0 Å². The minimum atomic E-state index is -5.46. The number of hydrogen-bond donors (Lipinski definition) is 0. The van der Waals surface area contributed by atoms with Gasteiger partial charge in [-0.1, -0.05) is 6.08 Å². The van der Waals surface area contributed by atoms with E-state index in [0.29, 0.717) is 5.76 Å². The molecule has 0 fully saturated rings. The van der Waals surface area contributed by atoms with Gasteiger partial charge in [-0.2, -0.15) is 21.6 Å². The molecule has 1 heterocycles. The molecule has 0 amide bonds. The highest BCUT2D eigenvalue weighted by Gasteiger charge is 2.50. The maximum absolute atomic E-state index is 12.5. The molecule has 0 saturated heterocycles. The van der Waals surface area contributed by atoms with Crippen molar-refractivity contribution >= 4 is 15.9 Å². The van der Waals surface area contributed by atoms with Crippen molar-refractivity contribution < 1.29 is 26.0 Å². The highest BCUT2D eigenvalue weighted by molar-refractivity contribution is 7.93. The average molecular weight is 283 g/mol. The van der Waals surface area contributed by atoms with Gasteiger partial charge in [-0.3, -0.25) is 0 Å². The van der Waals surface area contributed by atoms with Gasteiger partial charge in [-0.15, -0.1) is 6.58 Å². The Hall–Kier alpha value is -1.44. The number of furan rings is 1. The van der Waals surface area contributed by atoms with Crippen LogP contribution in [0.4, 0.5) is 19.1 Å². The molecule has 0 saturated carbocycles. The normalized spacial score (nSPS) is 12.4. The monoisotopic (exact) mass is 283 g/mol. The fourth-order valence-corrected chi connectivity index (χ4v) is 2.17. The fourth-order valence-electron chi connectivity index (χ4n) is 1.24. The van der Waals surface area contributed by atoms with Gasteiger partial charge in [0, 0.05) is 12.6 Å². The summed E-state index contributed by atoms with van der Waals surface area (Å²) in [6.45, 7) is 4.48. The maximum Gasteiger partial charge on any atom is 0.516 e. The van der Waals surface area contributed by atoms with Crippen LogP contribution in [0.3, 0.4) is 0 Å². The van der Waals surface area contributed by atoms with E-state index in [-0.39, 0.29) is 23.2 Å². The molecule has 0 aliphatic rings. The summed E-state index contributed by atoms with van der Waals surface area (Å²) < 4.78 is 65.4. The third kappa shape index (κ3) is 2.87. The van der Waals surface area contributed by atoms with Crippen LogP contribution in [0.1, 0.15) is 12.2 Å². The SMILES string of the molecule is C=CCCN(c1ccc(C)o1)S(=O)(=O)C(F)(F)F. The minimum Gasteiger partial charge on any atom is -0.445 e. The van der Waals surface area contributed by atoms with Gasteiger partial charge in [-0.05, 0) is 19.4 Å². The van der Waals surface area contributed by atoms with E-state index in [1.165, 1.54) is 25.1 Å². The third-order valence-corrected chi connectivity index (χ3v) is 3.62. The summed E-state index contributed by atoms with van der Waals surface area (Å²) in [6, 6.07) is 2.57. The van der Waals surface area contributed by atoms with Crippen LogP contribution in [0.2, 0.25) is 0 Å². The second-order valence-electron chi connectivity index (χ2n) is 3.48. The number of halogens is 3. The summed E-state index contributed by atoms with van der Waals surface area (Å²) in [5, 5.41) is 0. The van der Waals surface area contributed by atoms with E-state index >= 15 is 0 Å². The molecule has 0 aliphatic heterocycles. The summed E-state index contributed by atoms with van der Waals surface area (Å²) in [7, 11) is -5.46. The van der Waals surface area contributed by atoms with Gasteiger partial charge < -0.3 is 4.42 Å². The smallest absolute Gasteiger partial charge is 0.445 e. The molecule has 0 bridgehead atoms. The van der Waals surface area contributed by atoms with Crippen molar-refractivity contribution in [3.05, 3.63) is 30.5 Å². The summed E-state index contributed by atoms with van der Waals surface area (Å²) in [5.41, 5.74) is -5.37. The maximum atomic E-state index is 12.5. The first kappa shape index (κ1) is 14.6. The predicted octanol–water partition coefficient (Wildman–Crippen LogP) is 2.82. The summed E-state index contributed by atoms with van der Waals surface area (Å²) in [5.74, 6) is -0.0300. The average Bonchev–Trinajstić information content (AvgIpc) is 2.63. The summed E-state index contributed by atoms with van der Waals surface area (Å²) >= 11 is 0. The van der Waals surface area contributed by atoms with Gasteiger partial charge in [0.2, 0.25) is 5.88 Å². The Labute approximate surface area is 103 Å². The predicted molar refractivity (Wildman–Crippen MR) is 60.6 cm³/mol. The Bertz CT molecular complexity index is 519. The van der Waals surface area contributed by atoms with Crippen LogP contribution in [0.15, 0.2) is 29.2 Å². The quantitative estimate of drug-likeness (QED) is 0.781. The van der Waals surface area contributed by atoms with E-state index in [4.69, 9.17) is 4.42 Å². The molecule has 0 aromatic carbocycles. The van der Waals surface area contributed by atoms with Crippen LogP contribution in [0.5, 0.6) is 0 Å². The number of alkyl halides is 3. The number of anilines is 1. The molecule has 8 heteroatoms. The van der Waals surface area contributed by atoms with Crippen molar-refractivity contribution in [2.75, 3.05) is 10.8 Å². The van der Waals surface area contributed by atoms with Gasteiger partial charge in [0.1, 0.15) is 5.76 Å². The molecule has 0 radical (unpaired) electrons. The molecule has 102 valence electrons. The summed E-state index contributed by atoms with van der Waals surface area (Å²) in [4.78, 5) is 0. The van der Waals surface area contributed by atoms with Gasteiger partial charge >= 0.3 is 15.5 Å². The first-order chi connectivity index (χ1) is 8.20. The van der Waals surface area contributed by atoms with Gasteiger partial charge in [-0.25, -0.2) is 4.31 Å². The molecule has 0 aliphatic carbocycles. The first-order valence-corrected chi connectivity index (χ1v) is 6.40. The summed E-state index contributed by atoms with van der Waals surface area (Å²) in [6.07, 6.45) is 1.41. The lowest BCUT2D eigenvalue weighted by molar-refractivity contribution is -0.0439. The molecule has 1 aromatic heterocycles. The molecule has 0 spiro atoms. The highest BCUT2D eigenvalue weighted by atomic mass is 32.2. The Balaban J connectivity index is 3.18. The molecule has 1 rings (SSSR count). The van der Waals surface area contributed by atoms with Crippen molar-refractivity contribution in [1.82, 2.24) is 0 Å². The van der Waals surface area contributed by atoms with Crippen LogP contribution in [0, 0.1) is 6.92 Å². The van der Waals surface area contributed by atoms with E-state index in [1.807, 2.05) is 0 Å². The van der Waals surface area contributed by atoms with Crippen LogP contribution >= 0.6 is 0 Å². The number of hydrogen-bond acceptors (Lipinski definition) is 3. The van der Waals surface area contributed by atoms with E-state index in [9.17, 15) is 21.6 Å². The molecule has 1 aromatic rings. The minimum absolute atomic E-state index is 0.0784. The molecule has 0 atom stereocenters. The van der Waals surface area contributed by atoms with Crippen LogP contribution in [0.25, 0.3) is 0 Å². The number of rotatable bonds is 5. The number of sulfonamides is 1. The lowest BCUT2D eigenvalue weighted by Crippen LogP contribution is -2.41. The molecule has 4 nitrogen and oxygen atoms in total. The van der Waals surface area contributed by atoms with Gasteiger partial charge in [0.05, 0.1) is 0 Å². The lowest BCUT2D eigenvalue weighted by atomic mass is 10.4. The number of nitrogens with zero attached hydrogens (tertiary/aromatic N) is 1. The van der Waals surface area contributed by atoms with Gasteiger partial charge in [0.25, 0.3) is 0 Å². The fraction of sp³-hybridized carbons (Fsp3) is 0.400. The molecular weight excluding hydrogens is 271 g/mol. The van der Waals surface area contributed by atoms with Crippen molar-refractivity contribution in [2.45, 2.75) is 18.9 Å². The molecular formula is C10H12F3NO3S. The lowest BCUT2D eigenvalue weighted by Gasteiger charge is -2.22. The zero-order chi connectivity index (χ0) is 14.0.